The fraction of sp³-hybridized carbons (Fsp3) is 0. The Morgan fingerprint density at radius 1 is 0.217 bits per heavy atom. The average molecular weight is 765 g/mol. The number of nitrogen functional groups attached to an aromatic ring is 2. The van der Waals surface area contributed by atoms with Gasteiger partial charge in [-0.25, -0.2) is 0 Å². The summed E-state index contributed by atoms with van der Waals surface area (Å²) in [4.78, 5) is 0. The van der Waals surface area contributed by atoms with E-state index in [1.165, 1.54) is 43.1 Å². The summed E-state index contributed by atoms with van der Waals surface area (Å²) in [5, 5.41) is 9.57. The van der Waals surface area contributed by atoms with Crippen LogP contribution in [0.5, 0.6) is 0 Å². The summed E-state index contributed by atoms with van der Waals surface area (Å²) in [7, 11) is 0. The van der Waals surface area contributed by atoms with Crippen molar-refractivity contribution >= 4 is 54.5 Å². The Balaban J connectivity index is 1.19. The largest absolute Gasteiger partial charge is 0.399 e. The lowest BCUT2D eigenvalue weighted by Crippen LogP contribution is -1.98. The molecule has 11 aromatic carbocycles. The van der Waals surface area contributed by atoms with Gasteiger partial charge in [0, 0.05) is 16.9 Å². The van der Waals surface area contributed by atoms with Crippen molar-refractivity contribution in [1.29, 1.82) is 0 Å². The first kappa shape index (κ1) is 35.2. The zero-order valence-electron chi connectivity index (χ0n) is 32.9. The van der Waals surface area contributed by atoms with Crippen LogP contribution in [0.4, 0.5) is 11.4 Å². The molecule has 0 saturated carbocycles. The molecule has 0 bridgehead atoms. The monoisotopic (exact) mass is 764 g/mol. The molecule has 0 heterocycles. The summed E-state index contributed by atoms with van der Waals surface area (Å²) >= 11 is 0. The molecule has 2 heteroatoms. The third kappa shape index (κ3) is 6.23. The van der Waals surface area contributed by atoms with E-state index in [0.29, 0.717) is 0 Å². The van der Waals surface area contributed by atoms with E-state index in [0.717, 1.165) is 78.1 Å². The van der Waals surface area contributed by atoms with E-state index in [9.17, 15) is 0 Å². The first-order chi connectivity index (χ1) is 29.5. The highest BCUT2D eigenvalue weighted by molar-refractivity contribution is 6.06. The van der Waals surface area contributed by atoms with Gasteiger partial charge in [-0.05, 0) is 153 Å². The van der Waals surface area contributed by atoms with Gasteiger partial charge in [0.15, 0.2) is 0 Å². The molecule has 2 nitrogen and oxygen atoms in total. The molecular weight excluding hydrogens is 725 g/mol. The number of fused-ring (bicyclic) bond motifs is 4. The van der Waals surface area contributed by atoms with Crippen LogP contribution in [-0.2, 0) is 0 Å². The van der Waals surface area contributed by atoms with Gasteiger partial charge < -0.3 is 11.5 Å². The zero-order chi connectivity index (χ0) is 40.2. The average Bonchev–Trinajstić information content (AvgIpc) is 3.30. The van der Waals surface area contributed by atoms with E-state index >= 15 is 0 Å². The van der Waals surface area contributed by atoms with Crippen LogP contribution in [0.15, 0.2) is 218 Å². The van der Waals surface area contributed by atoms with Crippen LogP contribution >= 0.6 is 0 Å². The van der Waals surface area contributed by atoms with Gasteiger partial charge in [0.1, 0.15) is 0 Å². The van der Waals surface area contributed by atoms with Crippen molar-refractivity contribution in [2.45, 2.75) is 0 Å². The third-order valence-electron chi connectivity index (χ3n) is 12.1. The van der Waals surface area contributed by atoms with Crippen LogP contribution in [0.1, 0.15) is 0 Å². The zero-order valence-corrected chi connectivity index (χ0v) is 32.9. The normalized spacial score (nSPS) is 11.5. The highest BCUT2D eigenvalue weighted by Crippen LogP contribution is 2.48. The minimum absolute atomic E-state index is 0.733. The minimum atomic E-state index is 0.733. The lowest BCUT2D eigenvalue weighted by molar-refractivity contribution is 1.54. The summed E-state index contributed by atoms with van der Waals surface area (Å²) in [5.74, 6) is 0. The van der Waals surface area contributed by atoms with Crippen LogP contribution in [0.2, 0.25) is 0 Å². The van der Waals surface area contributed by atoms with Crippen LogP contribution in [0, 0.1) is 0 Å². The van der Waals surface area contributed by atoms with E-state index in [1.807, 2.05) is 6.07 Å². The second kappa shape index (κ2) is 14.5. The van der Waals surface area contributed by atoms with Gasteiger partial charge in [0.05, 0.1) is 0 Å². The van der Waals surface area contributed by atoms with E-state index in [-0.39, 0.29) is 0 Å². The van der Waals surface area contributed by atoms with Crippen LogP contribution in [0.3, 0.4) is 0 Å². The molecule has 4 N–H and O–H groups in total. The van der Waals surface area contributed by atoms with Gasteiger partial charge in [-0.1, -0.05) is 170 Å². The first-order valence-electron chi connectivity index (χ1n) is 20.5. The molecular formula is C58H40N2. The van der Waals surface area contributed by atoms with Crippen molar-refractivity contribution in [2.24, 2.45) is 0 Å². The van der Waals surface area contributed by atoms with Gasteiger partial charge in [0.25, 0.3) is 0 Å². The highest BCUT2D eigenvalue weighted by atomic mass is 14.6. The van der Waals surface area contributed by atoms with Gasteiger partial charge in [-0.15, -0.1) is 0 Å². The Hall–Kier alpha value is -7.94. The van der Waals surface area contributed by atoms with Crippen molar-refractivity contribution in [3.8, 4) is 66.8 Å². The standard InChI is InChI=1S/C58H40N2/c59-50-26-28-51(55(36-50)46-22-18-38-10-2-6-14-42(38)32-46)47-25-27-52(54(35-47)45-21-17-37-9-1-5-13-41(37)31-45)53-29-30-56(60)58(49-24-20-40-12-4-8-16-44(40)34-49)57(53)48-23-19-39-11-3-7-15-43(39)33-48/h1-36H,59-60H2. The Kier molecular flexibility index (Phi) is 8.49. The number of benzene rings is 11. The van der Waals surface area contributed by atoms with E-state index in [1.54, 1.807) is 0 Å². The third-order valence-corrected chi connectivity index (χ3v) is 12.1. The smallest absolute Gasteiger partial charge is 0.0400 e. The summed E-state index contributed by atoms with van der Waals surface area (Å²) in [6.07, 6.45) is 0. The molecule has 0 saturated heterocycles. The second-order valence-corrected chi connectivity index (χ2v) is 15.8. The second-order valence-electron chi connectivity index (χ2n) is 15.8. The topological polar surface area (TPSA) is 52.0 Å². The molecule has 60 heavy (non-hydrogen) atoms. The van der Waals surface area contributed by atoms with E-state index in [4.69, 9.17) is 11.5 Å². The van der Waals surface area contributed by atoms with Crippen LogP contribution in [-0.4, -0.2) is 0 Å². The molecule has 0 aliphatic carbocycles. The fourth-order valence-electron chi connectivity index (χ4n) is 9.10. The minimum Gasteiger partial charge on any atom is -0.399 e. The molecule has 0 aliphatic heterocycles. The molecule has 0 atom stereocenters. The molecule has 282 valence electrons. The number of anilines is 2. The first-order valence-corrected chi connectivity index (χ1v) is 20.5. The molecule has 0 fully saturated rings. The molecule has 0 amide bonds. The predicted octanol–water partition coefficient (Wildman–Crippen LogP) is 15.5. The molecule has 0 unspecified atom stereocenters. The van der Waals surface area contributed by atoms with E-state index in [2.05, 4.69) is 212 Å². The number of rotatable bonds is 6. The molecule has 11 rings (SSSR count). The van der Waals surface area contributed by atoms with Crippen LogP contribution in [0.25, 0.3) is 110 Å². The number of nitrogens with two attached hydrogens (primary N) is 2. The van der Waals surface area contributed by atoms with Gasteiger partial charge in [-0.3, -0.25) is 0 Å². The van der Waals surface area contributed by atoms with Crippen molar-refractivity contribution in [3.05, 3.63) is 218 Å². The quantitative estimate of drug-likeness (QED) is 0.166. The number of hydrogen-bond acceptors (Lipinski definition) is 2. The molecule has 0 radical (unpaired) electrons. The Labute approximate surface area is 349 Å². The Morgan fingerprint density at radius 2 is 0.583 bits per heavy atom. The van der Waals surface area contributed by atoms with Gasteiger partial charge in [-0.2, -0.15) is 0 Å². The maximum Gasteiger partial charge on any atom is 0.0400 e. The summed E-state index contributed by atoms with van der Waals surface area (Å²) in [6, 6.07) is 78.7. The van der Waals surface area contributed by atoms with E-state index < -0.39 is 0 Å². The summed E-state index contributed by atoms with van der Waals surface area (Å²) < 4.78 is 0. The van der Waals surface area contributed by atoms with Crippen molar-refractivity contribution in [3.63, 3.8) is 0 Å². The fourth-order valence-corrected chi connectivity index (χ4v) is 9.10. The SMILES string of the molecule is Nc1ccc(-c2ccc(-c3ccc(N)c(-c4ccc5ccccc5c4)c3-c3ccc4ccccc4c3)c(-c3ccc4ccccc4c3)c2)c(-c2ccc3ccccc3c2)c1. The van der Waals surface area contributed by atoms with Crippen molar-refractivity contribution in [2.75, 3.05) is 11.5 Å². The molecule has 11 aromatic rings. The Bertz CT molecular complexity index is 3470. The highest BCUT2D eigenvalue weighted by Gasteiger charge is 2.22. The lowest BCUT2D eigenvalue weighted by Gasteiger charge is -2.22. The summed E-state index contributed by atoms with van der Waals surface area (Å²) in [5.41, 5.74) is 28.4. The van der Waals surface area contributed by atoms with Gasteiger partial charge >= 0.3 is 0 Å². The van der Waals surface area contributed by atoms with Gasteiger partial charge in [0.2, 0.25) is 0 Å². The number of hydrogen-bond donors (Lipinski definition) is 2. The van der Waals surface area contributed by atoms with Crippen molar-refractivity contribution in [1.82, 2.24) is 0 Å². The molecule has 0 aromatic heterocycles. The predicted molar refractivity (Wildman–Crippen MR) is 258 cm³/mol. The maximum atomic E-state index is 7.11. The molecule has 0 aliphatic rings. The lowest BCUT2D eigenvalue weighted by atomic mass is 9.82. The summed E-state index contributed by atoms with van der Waals surface area (Å²) in [6.45, 7) is 0. The molecule has 0 spiro atoms. The Morgan fingerprint density at radius 3 is 1.10 bits per heavy atom. The van der Waals surface area contributed by atoms with Crippen LogP contribution < -0.4 is 11.5 Å². The van der Waals surface area contributed by atoms with Crippen molar-refractivity contribution < 1.29 is 0 Å². The maximum absolute atomic E-state index is 7.11.